The maximum absolute atomic E-state index is 6.10. The standard InChI is InChI=1S/C11H15ClN2.ClH/c12-11-4-2-1-3-10(11)9-14-7-5-13-6-8-14;/h1-4,13H,5-9H2;1H/p-1. The van der Waals surface area contributed by atoms with Crippen molar-refractivity contribution in [1.29, 1.82) is 0 Å². The predicted molar refractivity (Wildman–Crippen MR) is 59.6 cm³/mol. The van der Waals surface area contributed by atoms with Gasteiger partial charge in [0.15, 0.2) is 0 Å². The summed E-state index contributed by atoms with van der Waals surface area (Å²) in [4.78, 5) is 2.43. The Kier molecular flexibility index (Phi) is 5.40. The highest BCUT2D eigenvalue weighted by Crippen LogP contribution is 2.16. The Morgan fingerprint density at radius 3 is 2.53 bits per heavy atom. The first kappa shape index (κ1) is 12.8. The minimum Gasteiger partial charge on any atom is -1.00 e. The number of hydrogen-bond acceptors (Lipinski definition) is 2. The summed E-state index contributed by atoms with van der Waals surface area (Å²) in [7, 11) is 0. The number of piperazine rings is 1. The second-order valence-electron chi connectivity index (χ2n) is 3.62. The van der Waals surface area contributed by atoms with E-state index in [1.807, 2.05) is 18.2 Å². The molecule has 1 fully saturated rings. The topological polar surface area (TPSA) is 15.3 Å². The van der Waals surface area contributed by atoms with Crippen molar-refractivity contribution < 1.29 is 12.4 Å². The van der Waals surface area contributed by atoms with Crippen LogP contribution in [0.3, 0.4) is 0 Å². The molecular formula is C11H15Cl2N2-. The van der Waals surface area contributed by atoms with Crippen molar-refractivity contribution in [3.05, 3.63) is 34.9 Å². The SMILES string of the molecule is Clc1ccccc1CN1CCNCC1.[Cl-]. The van der Waals surface area contributed by atoms with E-state index in [9.17, 15) is 0 Å². The molecule has 4 heteroatoms. The zero-order chi connectivity index (χ0) is 9.80. The smallest absolute Gasteiger partial charge is 0.0451 e. The summed E-state index contributed by atoms with van der Waals surface area (Å²) < 4.78 is 0. The molecule has 0 atom stereocenters. The molecule has 0 bridgehead atoms. The van der Waals surface area contributed by atoms with Crippen LogP contribution in [0.15, 0.2) is 24.3 Å². The van der Waals surface area contributed by atoms with Crippen LogP contribution in [0.2, 0.25) is 5.02 Å². The number of nitrogens with zero attached hydrogens (tertiary/aromatic N) is 1. The molecule has 0 aromatic heterocycles. The largest absolute Gasteiger partial charge is 1.00 e. The fourth-order valence-electron chi connectivity index (χ4n) is 1.74. The van der Waals surface area contributed by atoms with Crippen LogP contribution in [0.5, 0.6) is 0 Å². The van der Waals surface area contributed by atoms with Crippen molar-refractivity contribution in [2.45, 2.75) is 6.54 Å². The van der Waals surface area contributed by atoms with E-state index in [0.29, 0.717) is 0 Å². The van der Waals surface area contributed by atoms with Gasteiger partial charge in [0.25, 0.3) is 0 Å². The van der Waals surface area contributed by atoms with Crippen LogP contribution < -0.4 is 17.7 Å². The summed E-state index contributed by atoms with van der Waals surface area (Å²) in [6, 6.07) is 8.08. The molecule has 1 aromatic rings. The number of nitrogens with one attached hydrogen (secondary N) is 1. The highest BCUT2D eigenvalue weighted by atomic mass is 35.5. The van der Waals surface area contributed by atoms with Crippen molar-refractivity contribution in [2.24, 2.45) is 0 Å². The molecule has 0 spiro atoms. The van der Waals surface area contributed by atoms with E-state index in [0.717, 1.165) is 37.7 Å². The quantitative estimate of drug-likeness (QED) is 0.701. The Morgan fingerprint density at radius 1 is 1.20 bits per heavy atom. The summed E-state index contributed by atoms with van der Waals surface area (Å²) in [6.07, 6.45) is 0. The maximum Gasteiger partial charge on any atom is 0.0451 e. The molecule has 2 nitrogen and oxygen atoms in total. The Morgan fingerprint density at radius 2 is 1.87 bits per heavy atom. The number of hydrogen-bond donors (Lipinski definition) is 1. The Balaban J connectivity index is 0.00000112. The predicted octanol–water partition coefficient (Wildman–Crippen LogP) is -1.25. The molecule has 0 amide bonds. The molecular weight excluding hydrogens is 231 g/mol. The van der Waals surface area contributed by atoms with Gasteiger partial charge in [0.05, 0.1) is 0 Å². The Bertz CT molecular complexity index is 298. The number of rotatable bonds is 2. The summed E-state index contributed by atoms with van der Waals surface area (Å²) >= 11 is 6.10. The average Bonchev–Trinajstić information content (AvgIpc) is 2.23. The normalized spacial score (nSPS) is 17.1. The van der Waals surface area contributed by atoms with Gasteiger partial charge in [-0.3, -0.25) is 4.90 Å². The third kappa shape index (κ3) is 3.65. The molecule has 15 heavy (non-hydrogen) atoms. The molecule has 0 aliphatic carbocycles. The zero-order valence-corrected chi connectivity index (χ0v) is 10.1. The van der Waals surface area contributed by atoms with Crippen molar-refractivity contribution in [1.82, 2.24) is 10.2 Å². The molecule has 84 valence electrons. The first-order chi connectivity index (χ1) is 6.86. The fraction of sp³-hybridized carbons (Fsp3) is 0.455. The van der Waals surface area contributed by atoms with Gasteiger partial charge >= 0.3 is 0 Å². The summed E-state index contributed by atoms with van der Waals surface area (Å²) in [5.74, 6) is 0. The maximum atomic E-state index is 6.10. The third-order valence-electron chi connectivity index (χ3n) is 2.56. The molecule has 2 rings (SSSR count). The van der Waals surface area contributed by atoms with Crippen molar-refractivity contribution in [2.75, 3.05) is 26.2 Å². The molecule has 1 saturated heterocycles. The van der Waals surface area contributed by atoms with Gasteiger partial charge in [-0.05, 0) is 11.6 Å². The van der Waals surface area contributed by atoms with E-state index in [-0.39, 0.29) is 12.4 Å². The van der Waals surface area contributed by atoms with E-state index in [2.05, 4.69) is 16.3 Å². The van der Waals surface area contributed by atoms with Gasteiger partial charge < -0.3 is 17.7 Å². The third-order valence-corrected chi connectivity index (χ3v) is 2.93. The van der Waals surface area contributed by atoms with Crippen LogP contribution in [0.4, 0.5) is 0 Å². The van der Waals surface area contributed by atoms with E-state index < -0.39 is 0 Å². The van der Waals surface area contributed by atoms with E-state index >= 15 is 0 Å². The second-order valence-corrected chi connectivity index (χ2v) is 4.02. The Hall–Kier alpha value is -0.280. The van der Waals surface area contributed by atoms with Crippen molar-refractivity contribution in [3.63, 3.8) is 0 Å². The highest BCUT2D eigenvalue weighted by Gasteiger charge is 2.10. The second kappa shape index (κ2) is 6.33. The minimum atomic E-state index is 0. The lowest BCUT2D eigenvalue weighted by Gasteiger charge is -2.27. The monoisotopic (exact) mass is 245 g/mol. The lowest BCUT2D eigenvalue weighted by molar-refractivity contribution is -0.00000282. The number of benzene rings is 1. The molecule has 1 heterocycles. The Labute approximate surface area is 102 Å². The van der Waals surface area contributed by atoms with E-state index in [4.69, 9.17) is 11.6 Å². The molecule has 0 radical (unpaired) electrons. The summed E-state index contributed by atoms with van der Waals surface area (Å²) in [5.41, 5.74) is 1.23. The molecule has 1 N–H and O–H groups in total. The zero-order valence-electron chi connectivity index (χ0n) is 8.55. The van der Waals surface area contributed by atoms with Gasteiger partial charge in [0.2, 0.25) is 0 Å². The van der Waals surface area contributed by atoms with Crippen LogP contribution >= 0.6 is 11.6 Å². The minimum absolute atomic E-state index is 0. The average molecular weight is 246 g/mol. The summed E-state index contributed by atoms with van der Waals surface area (Å²) in [6.45, 7) is 5.38. The van der Waals surface area contributed by atoms with Gasteiger partial charge in [-0.25, -0.2) is 0 Å². The van der Waals surface area contributed by atoms with E-state index in [1.165, 1.54) is 5.56 Å². The number of halogens is 2. The molecule has 1 aromatic carbocycles. The first-order valence-electron chi connectivity index (χ1n) is 5.03. The van der Waals surface area contributed by atoms with Crippen LogP contribution in [-0.4, -0.2) is 31.1 Å². The summed E-state index contributed by atoms with van der Waals surface area (Å²) in [5, 5.41) is 4.22. The van der Waals surface area contributed by atoms with E-state index in [1.54, 1.807) is 0 Å². The van der Waals surface area contributed by atoms with Crippen molar-refractivity contribution in [3.8, 4) is 0 Å². The molecule has 0 saturated carbocycles. The van der Waals surface area contributed by atoms with Gasteiger partial charge in [-0.2, -0.15) is 0 Å². The fourth-order valence-corrected chi connectivity index (χ4v) is 1.93. The van der Waals surface area contributed by atoms with Crippen LogP contribution in [0.1, 0.15) is 5.56 Å². The van der Waals surface area contributed by atoms with Crippen molar-refractivity contribution >= 4 is 11.6 Å². The van der Waals surface area contributed by atoms with Gasteiger partial charge in [-0.15, -0.1) is 0 Å². The lowest BCUT2D eigenvalue weighted by atomic mass is 10.2. The van der Waals surface area contributed by atoms with Gasteiger partial charge in [-0.1, -0.05) is 29.8 Å². The van der Waals surface area contributed by atoms with Gasteiger partial charge in [0.1, 0.15) is 0 Å². The first-order valence-corrected chi connectivity index (χ1v) is 5.40. The van der Waals surface area contributed by atoms with Crippen LogP contribution in [-0.2, 0) is 6.54 Å². The molecule has 1 aliphatic rings. The molecule has 0 unspecified atom stereocenters. The lowest BCUT2D eigenvalue weighted by Crippen LogP contribution is -3.00. The molecule has 1 aliphatic heterocycles. The van der Waals surface area contributed by atoms with Gasteiger partial charge in [0, 0.05) is 37.7 Å². The van der Waals surface area contributed by atoms with Crippen LogP contribution in [0.25, 0.3) is 0 Å². The highest BCUT2D eigenvalue weighted by molar-refractivity contribution is 6.31. The van der Waals surface area contributed by atoms with Crippen LogP contribution in [0, 0.1) is 0 Å².